The fraction of sp³-hybridized carbons (Fsp3) is 0.368. The minimum Gasteiger partial charge on any atom is -0.349 e. The lowest BCUT2D eigenvalue weighted by molar-refractivity contribution is -0.132. The van der Waals surface area contributed by atoms with Crippen molar-refractivity contribution in [3.8, 4) is 0 Å². The zero-order valence-corrected chi connectivity index (χ0v) is 15.5. The Bertz CT molecular complexity index is 725. The lowest BCUT2D eigenvalue weighted by Crippen LogP contribution is -2.46. The fourth-order valence-electron chi connectivity index (χ4n) is 3.04. The number of carbonyl (C=O) groups is 2. The number of rotatable bonds is 5. The van der Waals surface area contributed by atoms with E-state index in [1.165, 1.54) is 11.3 Å². The predicted octanol–water partition coefficient (Wildman–Crippen LogP) is 3.76. The van der Waals surface area contributed by atoms with Crippen LogP contribution >= 0.6 is 22.9 Å². The Labute approximate surface area is 156 Å². The largest absolute Gasteiger partial charge is 0.349 e. The Morgan fingerprint density at radius 2 is 1.96 bits per heavy atom. The van der Waals surface area contributed by atoms with Gasteiger partial charge in [-0.3, -0.25) is 9.59 Å². The number of benzene rings is 1. The van der Waals surface area contributed by atoms with Crippen molar-refractivity contribution in [2.24, 2.45) is 0 Å². The van der Waals surface area contributed by atoms with Gasteiger partial charge in [0.2, 0.25) is 5.91 Å². The summed E-state index contributed by atoms with van der Waals surface area (Å²) >= 11 is 7.65. The third kappa shape index (κ3) is 4.83. The minimum absolute atomic E-state index is 0.0234. The molecule has 0 unspecified atom stereocenters. The van der Waals surface area contributed by atoms with Crippen LogP contribution in [0.25, 0.3) is 0 Å². The van der Waals surface area contributed by atoms with Crippen LogP contribution in [0, 0.1) is 0 Å². The van der Waals surface area contributed by atoms with Crippen LogP contribution in [0.4, 0.5) is 0 Å². The lowest BCUT2D eigenvalue weighted by atomic mass is 10.0. The van der Waals surface area contributed by atoms with E-state index in [1.54, 1.807) is 0 Å². The average Bonchev–Trinajstić information content (AvgIpc) is 3.16. The molecular weight excluding hydrogens is 356 g/mol. The summed E-state index contributed by atoms with van der Waals surface area (Å²) in [4.78, 5) is 26.4. The van der Waals surface area contributed by atoms with E-state index in [-0.39, 0.29) is 17.9 Å². The molecule has 1 aromatic heterocycles. The number of halogens is 1. The summed E-state index contributed by atoms with van der Waals surface area (Å²) in [5, 5.41) is 7.52. The first-order valence-corrected chi connectivity index (χ1v) is 9.80. The van der Waals surface area contributed by atoms with Gasteiger partial charge in [0, 0.05) is 41.5 Å². The molecule has 4 nitrogen and oxygen atoms in total. The summed E-state index contributed by atoms with van der Waals surface area (Å²) in [7, 11) is 0. The molecule has 0 spiro atoms. The first-order valence-electron chi connectivity index (χ1n) is 8.48. The molecule has 25 heavy (non-hydrogen) atoms. The second kappa shape index (κ2) is 8.50. The summed E-state index contributed by atoms with van der Waals surface area (Å²) in [6, 6.07) is 9.61. The van der Waals surface area contributed by atoms with Gasteiger partial charge in [-0.2, -0.15) is 11.3 Å². The molecule has 1 aromatic carbocycles. The summed E-state index contributed by atoms with van der Waals surface area (Å²) in [5.74, 6) is 0.132. The minimum atomic E-state index is -0.0234. The van der Waals surface area contributed by atoms with Crippen LogP contribution in [0.1, 0.15) is 35.2 Å². The topological polar surface area (TPSA) is 49.4 Å². The van der Waals surface area contributed by atoms with Crippen molar-refractivity contribution in [2.45, 2.75) is 31.7 Å². The number of thiophene rings is 1. The van der Waals surface area contributed by atoms with E-state index in [4.69, 9.17) is 11.6 Å². The van der Waals surface area contributed by atoms with Gasteiger partial charge in [0.1, 0.15) is 0 Å². The second-order valence-corrected chi connectivity index (χ2v) is 7.42. The molecular formula is C19H21ClN2O2S. The molecule has 1 aliphatic heterocycles. The maximum atomic E-state index is 12.4. The number of carbonyl (C=O) groups excluding carboxylic acids is 2. The van der Waals surface area contributed by atoms with E-state index < -0.39 is 0 Å². The molecule has 1 fully saturated rings. The van der Waals surface area contributed by atoms with Crippen molar-refractivity contribution in [2.75, 3.05) is 13.1 Å². The Morgan fingerprint density at radius 1 is 1.20 bits per heavy atom. The van der Waals surface area contributed by atoms with E-state index in [2.05, 4.69) is 5.32 Å². The molecule has 6 heteroatoms. The monoisotopic (exact) mass is 376 g/mol. The number of hydrogen-bond donors (Lipinski definition) is 1. The van der Waals surface area contributed by atoms with Crippen LogP contribution < -0.4 is 5.32 Å². The van der Waals surface area contributed by atoms with Gasteiger partial charge >= 0.3 is 0 Å². The third-order valence-corrected chi connectivity index (χ3v) is 5.58. The molecule has 132 valence electrons. The third-order valence-electron chi connectivity index (χ3n) is 4.53. The number of likely N-dealkylation sites (tertiary alicyclic amines) is 1. The maximum Gasteiger partial charge on any atom is 0.252 e. The van der Waals surface area contributed by atoms with Crippen LogP contribution in [0.3, 0.4) is 0 Å². The molecule has 0 radical (unpaired) electrons. The first-order chi connectivity index (χ1) is 12.1. The molecule has 1 aliphatic rings. The van der Waals surface area contributed by atoms with Crippen LogP contribution in [0.2, 0.25) is 5.02 Å². The zero-order chi connectivity index (χ0) is 17.6. The SMILES string of the molecule is O=C(NC1CCN(C(=O)CCc2ccccc2Cl)CC1)c1ccsc1. The molecule has 0 aliphatic carbocycles. The van der Waals surface area contributed by atoms with E-state index in [0.29, 0.717) is 36.5 Å². The van der Waals surface area contributed by atoms with Crippen LogP contribution in [-0.4, -0.2) is 35.8 Å². The number of nitrogens with one attached hydrogen (secondary N) is 1. The lowest BCUT2D eigenvalue weighted by Gasteiger charge is -2.32. The van der Waals surface area contributed by atoms with E-state index in [0.717, 1.165) is 18.4 Å². The van der Waals surface area contributed by atoms with Gasteiger partial charge in [-0.25, -0.2) is 0 Å². The molecule has 1 saturated heterocycles. The van der Waals surface area contributed by atoms with Crippen LogP contribution in [0.15, 0.2) is 41.1 Å². The normalized spacial score (nSPS) is 15.2. The predicted molar refractivity (Wildman–Crippen MR) is 101 cm³/mol. The Morgan fingerprint density at radius 3 is 2.64 bits per heavy atom. The fourth-order valence-corrected chi connectivity index (χ4v) is 3.90. The Balaban J connectivity index is 1.43. The molecule has 0 saturated carbocycles. The summed E-state index contributed by atoms with van der Waals surface area (Å²) in [5.41, 5.74) is 1.72. The van der Waals surface area contributed by atoms with Crippen molar-refractivity contribution in [1.29, 1.82) is 0 Å². The highest BCUT2D eigenvalue weighted by molar-refractivity contribution is 7.08. The van der Waals surface area contributed by atoms with Crippen molar-refractivity contribution >= 4 is 34.8 Å². The Hall–Kier alpha value is -1.85. The van der Waals surface area contributed by atoms with Gasteiger partial charge in [-0.1, -0.05) is 29.8 Å². The Kier molecular flexibility index (Phi) is 6.10. The van der Waals surface area contributed by atoms with Gasteiger partial charge in [-0.15, -0.1) is 0 Å². The van der Waals surface area contributed by atoms with Crippen molar-refractivity contribution in [3.05, 3.63) is 57.2 Å². The molecule has 3 rings (SSSR count). The molecule has 0 atom stereocenters. The number of hydrogen-bond acceptors (Lipinski definition) is 3. The van der Waals surface area contributed by atoms with Crippen molar-refractivity contribution in [1.82, 2.24) is 10.2 Å². The van der Waals surface area contributed by atoms with E-state index in [9.17, 15) is 9.59 Å². The smallest absolute Gasteiger partial charge is 0.252 e. The van der Waals surface area contributed by atoms with Crippen molar-refractivity contribution in [3.63, 3.8) is 0 Å². The van der Waals surface area contributed by atoms with Gasteiger partial charge in [0.05, 0.1) is 0 Å². The van der Waals surface area contributed by atoms with Gasteiger partial charge in [-0.05, 0) is 42.3 Å². The molecule has 0 bridgehead atoms. The van der Waals surface area contributed by atoms with Crippen LogP contribution in [0.5, 0.6) is 0 Å². The highest BCUT2D eigenvalue weighted by Gasteiger charge is 2.24. The highest BCUT2D eigenvalue weighted by atomic mass is 35.5. The van der Waals surface area contributed by atoms with Gasteiger partial charge in [0.25, 0.3) is 5.91 Å². The van der Waals surface area contributed by atoms with Gasteiger partial charge < -0.3 is 10.2 Å². The molecule has 2 aromatic rings. The van der Waals surface area contributed by atoms with Crippen LogP contribution in [-0.2, 0) is 11.2 Å². The standard InChI is InChI=1S/C19H21ClN2O2S/c20-17-4-2-1-3-14(17)5-6-18(23)22-10-7-16(8-11-22)21-19(24)15-9-12-25-13-15/h1-4,9,12-13,16H,5-8,10-11H2,(H,21,24). The zero-order valence-electron chi connectivity index (χ0n) is 13.9. The molecule has 2 amide bonds. The average molecular weight is 377 g/mol. The number of piperidine rings is 1. The second-order valence-electron chi connectivity index (χ2n) is 6.23. The quantitative estimate of drug-likeness (QED) is 0.863. The van der Waals surface area contributed by atoms with E-state index >= 15 is 0 Å². The number of nitrogens with zero attached hydrogens (tertiary/aromatic N) is 1. The summed E-state index contributed by atoms with van der Waals surface area (Å²) < 4.78 is 0. The van der Waals surface area contributed by atoms with Gasteiger partial charge in [0.15, 0.2) is 0 Å². The maximum absolute atomic E-state index is 12.4. The number of amides is 2. The molecule has 2 heterocycles. The summed E-state index contributed by atoms with van der Waals surface area (Å²) in [6.45, 7) is 1.38. The summed E-state index contributed by atoms with van der Waals surface area (Å²) in [6.07, 6.45) is 2.73. The van der Waals surface area contributed by atoms with E-state index in [1.807, 2.05) is 46.0 Å². The van der Waals surface area contributed by atoms with Crippen molar-refractivity contribution < 1.29 is 9.59 Å². The highest BCUT2D eigenvalue weighted by Crippen LogP contribution is 2.18. The number of aryl methyl sites for hydroxylation is 1. The molecule has 1 N–H and O–H groups in total. The first kappa shape index (κ1) is 18.0.